The fourth-order valence-corrected chi connectivity index (χ4v) is 4.25. The molecule has 2 amide bonds. The van der Waals surface area contributed by atoms with Crippen LogP contribution in [0.1, 0.15) is 23.8 Å². The summed E-state index contributed by atoms with van der Waals surface area (Å²) in [6.07, 6.45) is 1.68. The molecule has 2 aromatic rings. The summed E-state index contributed by atoms with van der Waals surface area (Å²) in [5, 5.41) is 17.1. The summed E-state index contributed by atoms with van der Waals surface area (Å²) in [5.74, 6) is 0.516. The zero-order valence-corrected chi connectivity index (χ0v) is 14.8. The number of nitrogens with zero attached hydrogens (tertiary/aromatic N) is 1. The summed E-state index contributed by atoms with van der Waals surface area (Å²) >= 11 is 1.57. The number of amides is 2. The highest BCUT2D eigenvalue weighted by Crippen LogP contribution is 2.29. The largest absolute Gasteiger partial charge is 0.386 e. The smallest absolute Gasteiger partial charge is 0.314 e. The molecule has 0 bridgehead atoms. The summed E-state index contributed by atoms with van der Waals surface area (Å²) in [6.45, 7) is 3.09. The number of likely N-dealkylation sites (tertiary alicyclic amines) is 1. The van der Waals surface area contributed by atoms with Crippen molar-refractivity contribution in [3.8, 4) is 0 Å². The number of benzene rings is 1. The van der Waals surface area contributed by atoms with Crippen LogP contribution < -0.4 is 10.6 Å². The summed E-state index contributed by atoms with van der Waals surface area (Å²) in [7, 11) is 2.12. The molecule has 1 aliphatic heterocycles. The molecule has 0 saturated carbocycles. The SMILES string of the molecule is CN1CCCC(CNC(=O)NCC(O)c2cc3ccccc3s2)C1. The second kappa shape index (κ2) is 7.96. The Morgan fingerprint density at radius 3 is 3.04 bits per heavy atom. The van der Waals surface area contributed by atoms with E-state index >= 15 is 0 Å². The van der Waals surface area contributed by atoms with Gasteiger partial charge in [0.05, 0.1) is 6.54 Å². The average Bonchev–Trinajstić information content (AvgIpc) is 3.02. The molecule has 1 aromatic carbocycles. The zero-order chi connectivity index (χ0) is 16.9. The normalized spacial score (nSPS) is 20.0. The van der Waals surface area contributed by atoms with E-state index in [1.165, 1.54) is 6.42 Å². The Bertz CT molecular complexity index is 655. The molecule has 2 unspecified atom stereocenters. The van der Waals surface area contributed by atoms with Gasteiger partial charge in [0, 0.05) is 22.7 Å². The van der Waals surface area contributed by atoms with Gasteiger partial charge in [-0.25, -0.2) is 4.79 Å². The summed E-state index contributed by atoms with van der Waals surface area (Å²) < 4.78 is 1.15. The lowest BCUT2D eigenvalue weighted by Crippen LogP contribution is -2.43. The number of urea groups is 1. The summed E-state index contributed by atoms with van der Waals surface area (Å²) in [5.41, 5.74) is 0. The van der Waals surface area contributed by atoms with E-state index < -0.39 is 6.10 Å². The van der Waals surface area contributed by atoms with E-state index in [1.807, 2.05) is 30.3 Å². The second-order valence-electron chi connectivity index (χ2n) is 6.56. The maximum absolute atomic E-state index is 11.9. The summed E-state index contributed by atoms with van der Waals surface area (Å²) in [6, 6.07) is 9.83. The number of fused-ring (bicyclic) bond motifs is 1. The molecule has 1 saturated heterocycles. The zero-order valence-electron chi connectivity index (χ0n) is 14.0. The van der Waals surface area contributed by atoms with E-state index in [0.29, 0.717) is 12.5 Å². The van der Waals surface area contributed by atoms with Crippen LogP contribution in [0.2, 0.25) is 0 Å². The van der Waals surface area contributed by atoms with Crippen LogP contribution in [0.5, 0.6) is 0 Å². The first-order valence-electron chi connectivity index (χ1n) is 8.48. The molecule has 24 heavy (non-hydrogen) atoms. The Balaban J connectivity index is 1.43. The van der Waals surface area contributed by atoms with E-state index in [-0.39, 0.29) is 12.6 Å². The highest BCUT2D eigenvalue weighted by molar-refractivity contribution is 7.19. The molecule has 130 valence electrons. The first-order valence-corrected chi connectivity index (χ1v) is 9.30. The summed E-state index contributed by atoms with van der Waals surface area (Å²) in [4.78, 5) is 15.1. The van der Waals surface area contributed by atoms with Gasteiger partial charge in [0.1, 0.15) is 6.10 Å². The lowest BCUT2D eigenvalue weighted by molar-refractivity contribution is 0.174. The number of thiophene rings is 1. The number of piperidine rings is 1. The minimum atomic E-state index is -0.672. The Kier molecular flexibility index (Phi) is 5.71. The van der Waals surface area contributed by atoms with Crippen LogP contribution in [0.4, 0.5) is 4.79 Å². The van der Waals surface area contributed by atoms with Crippen molar-refractivity contribution in [1.29, 1.82) is 0 Å². The Labute approximate surface area is 146 Å². The molecule has 3 N–H and O–H groups in total. The van der Waals surface area contributed by atoms with Gasteiger partial charge in [0.15, 0.2) is 0 Å². The van der Waals surface area contributed by atoms with E-state index in [1.54, 1.807) is 11.3 Å². The van der Waals surface area contributed by atoms with Gasteiger partial charge in [-0.05, 0) is 49.9 Å². The number of hydrogen-bond acceptors (Lipinski definition) is 4. The van der Waals surface area contributed by atoms with Crippen molar-refractivity contribution >= 4 is 27.5 Å². The number of nitrogens with one attached hydrogen (secondary N) is 2. The number of carbonyl (C=O) groups excluding carboxylic acids is 1. The third-order valence-corrected chi connectivity index (χ3v) is 5.72. The van der Waals surface area contributed by atoms with Crippen LogP contribution in [0.25, 0.3) is 10.1 Å². The lowest BCUT2D eigenvalue weighted by Gasteiger charge is -2.29. The minimum Gasteiger partial charge on any atom is -0.386 e. The first kappa shape index (κ1) is 17.2. The van der Waals surface area contributed by atoms with Crippen molar-refractivity contribution in [1.82, 2.24) is 15.5 Å². The third kappa shape index (κ3) is 4.47. The number of carbonyl (C=O) groups is 1. The van der Waals surface area contributed by atoms with Gasteiger partial charge in [0.25, 0.3) is 0 Å². The predicted octanol–water partition coefficient (Wildman–Crippen LogP) is 2.58. The number of rotatable bonds is 5. The Morgan fingerprint density at radius 1 is 1.42 bits per heavy atom. The third-order valence-electron chi connectivity index (χ3n) is 4.50. The van der Waals surface area contributed by atoms with Gasteiger partial charge >= 0.3 is 6.03 Å². The highest BCUT2D eigenvalue weighted by atomic mass is 32.1. The van der Waals surface area contributed by atoms with Crippen LogP contribution in [0.15, 0.2) is 30.3 Å². The number of aliphatic hydroxyl groups is 1. The van der Waals surface area contributed by atoms with Crippen molar-refractivity contribution in [2.45, 2.75) is 18.9 Å². The molecule has 2 atom stereocenters. The average molecular weight is 347 g/mol. The van der Waals surface area contributed by atoms with Gasteiger partial charge in [-0.2, -0.15) is 0 Å². The molecule has 0 radical (unpaired) electrons. The van der Waals surface area contributed by atoms with Gasteiger partial charge in [-0.3, -0.25) is 0 Å². The first-order chi connectivity index (χ1) is 11.6. The molecule has 0 aliphatic carbocycles. The number of hydrogen-bond donors (Lipinski definition) is 3. The van der Waals surface area contributed by atoms with Gasteiger partial charge in [-0.15, -0.1) is 11.3 Å². The van der Waals surface area contributed by atoms with Crippen LogP contribution in [0.3, 0.4) is 0 Å². The molecule has 3 rings (SSSR count). The van der Waals surface area contributed by atoms with Crippen molar-refractivity contribution < 1.29 is 9.90 Å². The van der Waals surface area contributed by atoms with Crippen LogP contribution >= 0.6 is 11.3 Å². The fourth-order valence-electron chi connectivity index (χ4n) is 3.20. The standard InChI is InChI=1S/C18H25N3O2S/c1-21-8-4-5-13(12-21)10-19-18(23)20-11-15(22)17-9-14-6-2-3-7-16(14)24-17/h2-3,6-7,9,13,15,22H,4-5,8,10-12H2,1H3,(H2,19,20,23). The maximum atomic E-state index is 11.9. The monoisotopic (exact) mass is 347 g/mol. The molecule has 2 heterocycles. The van der Waals surface area contributed by atoms with E-state index in [0.717, 1.165) is 34.5 Å². The Morgan fingerprint density at radius 2 is 2.25 bits per heavy atom. The van der Waals surface area contributed by atoms with E-state index in [2.05, 4.69) is 22.6 Å². The van der Waals surface area contributed by atoms with Gasteiger partial charge in [0.2, 0.25) is 0 Å². The van der Waals surface area contributed by atoms with E-state index in [9.17, 15) is 9.90 Å². The van der Waals surface area contributed by atoms with Crippen molar-refractivity contribution in [3.05, 3.63) is 35.2 Å². The van der Waals surface area contributed by atoms with Gasteiger partial charge in [-0.1, -0.05) is 18.2 Å². The predicted molar refractivity (Wildman–Crippen MR) is 98.4 cm³/mol. The molecule has 1 aromatic heterocycles. The second-order valence-corrected chi connectivity index (χ2v) is 7.68. The molecule has 1 fully saturated rings. The van der Waals surface area contributed by atoms with Crippen LogP contribution in [-0.2, 0) is 0 Å². The molecule has 5 nitrogen and oxygen atoms in total. The molecule has 6 heteroatoms. The van der Waals surface area contributed by atoms with Crippen molar-refractivity contribution in [3.63, 3.8) is 0 Å². The minimum absolute atomic E-state index is 0.205. The topological polar surface area (TPSA) is 64.6 Å². The number of aliphatic hydroxyl groups excluding tert-OH is 1. The molecular formula is C18H25N3O2S. The maximum Gasteiger partial charge on any atom is 0.314 e. The highest BCUT2D eigenvalue weighted by Gasteiger charge is 2.18. The Hall–Kier alpha value is -1.63. The van der Waals surface area contributed by atoms with Crippen LogP contribution in [-0.4, -0.2) is 49.3 Å². The van der Waals surface area contributed by atoms with Crippen molar-refractivity contribution in [2.24, 2.45) is 5.92 Å². The van der Waals surface area contributed by atoms with E-state index in [4.69, 9.17) is 0 Å². The fraction of sp³-hybridized carbons (Fsp3) is 0.500. The molecule has 1 aliphatic rings. The quantitative estimate of drug-likeness (QED) is 0.779. The van der Waals surface area contributed by atoms with Crippen LogP contribution in [0, 0.1) is 5.92 Å². The lowest BCUT2D eigenvalue weighted by atomic mass is 9.99. The van der Waals surface area contributed by atoms with Crippen molar-refractivity contribution in [2.75, 3.05) is 33.2 Å². The molecule has 0 spiro atoms. The molecular weight excluding hydrogens is 322 g/mol. The van der Waals surface area contributed by atoms with Gasteiger partial charge < -0.3 is 20.6 Å².